The first kappa shape index (κ1) is 25.0. The molecule has 6 heteroatoms. The summed E-state index contributed by atoms with van der Waals surface area (Å²) in [6, 6.07) is 20.6. The molecule has 5 nitrogen and oxygen atoms in total. The molecule has 35 heavy (non-hydrogen) atoms. The molecule has 0 aliphatic carbocycles. The van der Waals surface area contributed by atoms with Gasteiger partial charge < -0.3 is 9.30 Å². The van der Waals surface area contributed by atoms with E-state index >= 15 is 0 Å². The lowest BCUT2D eigenvalue weighted by Crippen LogP contribution is -2.32. The van der Waals surface area contributed by atoms with E-state index in [0.717, 1.165) is 28.3 Å². The van der Waals surface area contributed by atoms with Gasteiger partial charge in [-0.15, -0.1) is 0 Å². The molecule has 182 valence electrons. The second-order valence-electron chi connectivity index (χ2n) is 9.75. The third-order valence-corrected chi connectivity index (χ3v) is 7.14. The molecule has 0 radical (unpaired) electrons. The van der Waals surface area contributed by atoms with Gasteiger partial charge in [0, 0.05) is 24.2 Å². The number of hydrogen-bond donors (Lipinski definition) is 0. The quantitative estimate of drug-likeness (QED) is 0.366. The summed E-state index contributed by atoms with van der Waals surface area (Å²) >= 11 is 1.41. The maximum absolute atomic E-state index is 13.3. The van der Waals surface area contributed by atoms with Crippen LogP contribution in [0.3, 0.4) is 0 Å². The van der Waals surface area contributed by atoms with Gasteiger partial charge in [-0.05, 0) is 78.6 Å². The van der Waals surface area contributed by atoms with Crippen molar-refractivity contribution in [3.63, 3.8) is 0 Å². The fraction of sp³-hybridized carbons (Fsp3) is 0.310. The van der Waals surface area contributed by atoms with E-state index in [1.54, 1.807) is 12.0 Å². The molecule has 1 saturated heterocycles. The number of carbonyl (C=O) groups is 1. The summed E-state index contributed by atoms with van der Waals surface area (Å²) in [4.78, 5) is 20.4. The van der Waals surface area contributed by atoms with Crippen molar-refractivity contribution >= 4 is 34.6 Å². The number of methoxy groups -OCH3 is 1. The standard InChI is InChI=1S/C29H33N3O2S/c1-20-18-22(21(2)32(20)25-14-12-23(13-15-25)29(3,4)5)19-26-27(33)31(16-17-34-6)28(35-26)30-24-10-8-7-9-11-24/h7-15,18-19H,16-17H2,1-6H3/b26-19-,30-28?. The van der Waals surface area contributed by atoms with Crippen molar-refractivity contribution in [1.29, 1.82) is 0 Å². The lowest BCUT2D eigenvalue weighted by molar-refractivity contribution is -0.122. The Hall–Kier alpha value is -3.09. The first-order valence-corrected chi connectivity index (χ1v) is 12.6. The fourth-order valence-electron chi connectivity index (χ4n) is 4.17. The predicted octanol–water partition coefficient (Wildman–Crippen LogP) is 6.64. The topological polar surface area (TPSA) is 46.8 Å². The molecule has 0 saturated carbocycles. The van der Waals surface area contributed by atoms with Gasteiger partial charge in [0.15, 0.2) is 5.17 Å². The van der Waals surface area contributed by atoms with E-state index in [1.807, 2.05) is 36.4 Å². The number of thioether (sulfide) groups is 1. The summed E-state index contributed by atoms with van der Waals surface area (Å²) in [6.07, 6.45) is 1.99. The monoisotopic (exact) mass is 487 g/mol. The van der Waals surface area contributed by atoms with Crippen molar-refractivity contribution in [2.45, 2.75) is 40.0 Å². The number of carbonyl (C=O) groups excluding carboxylic acids is 1. The third kappa shape index (κ3) is 5.44. The van der Waals surface area contributed by atoms with Crippen molar-refractivity contribution in [1.82, 2.24) is 9.47 Å². The van der Waals surface area contributed by atoms with E-state index < -0.39 is 0 Å². The van der Waals surface area contributed by atoms with Crippen molar-refractivity contribution in [3.05, 3.63) is 88.1 Å². The summed E-state index contributed by atoms with van der Waals surface area (Å²) in [5, 5.41) is 0.677. The van der Waals surface area contributed by atoms with Crippen LogP contribution in [0.25, 0.3) is 11.8 Å². The second kappa shape index (κ2) is 10.3. The molecule has 1 fully saturated rings. The lowest BCUT2D eigenvalue weighted by atomic mass is 9.87. The molecule has 0 N–H and O–H groups in total. The number of amides is 1. The van der Waals surface area contributed by atoms with Crippen LogP contribution in [0.15, 0.2) is 70.6 Å². The summed E-state index contributed by atoms with van der Waals surface area (Å²) in [5.74, 6) is -0.0407. The first-order valence-electron chi connectivity index (χ1n) is 11.8. The Kier molecular flexibility index (Phi) is 7.33. The Morgan fingerprint density at radius 1 is 1.03 bits per heavy atom. The van der Waals surface area contributed by atoms with Crippen molar-refractivity contribution < 1.29 is 9.53 Å². The lowest BCUT2D eigenvalue weighted by Gasteiger charge is -2.20. The Morgan fingerprint density at radius 3 is 2.34 bits per heavy atom. The molecular weight excluding hydrogens is 454 g/mol. The molecule has 0 unspecified atom stereocenters. The second-order valence-corrected chi connectivity index (χ2v) is 10.8. The van der Waals surface area contributed by atoms with E-state index in [9.17, 15) is 4.79 Å². The van der Waals surface area contributed by atoms with Crippen LogP contribution in [0.1, 0.15) is 43.3 Å². The number of para-hydroxylation sites is 1. The molecule has 2 aromatic carbocycles. The molecule has 0 bridgehead atoms. The van der Waals surface area contributed by atoms with E-state index in [2.05, 4.69) is 69.5 Å². The molecule has 1 aromatic heterocycles. The number of amidine groups is 1. The minimum atomic E-state index is -0.0407. The highest BCUT2D eigenvalue weighted by Crippen LogP contribution is 2.35. The van der Waals surface area contributed by atoms with Gasteiger partial charge in [0.1, 0.15) is 0 Å². The van der Waals surface area contributed by atoms with Crippen molar-refractivity contribution in [3.8, 4) is 5.69 Å². The van der Waals surface area contributed by atoms with Crippen LogP contribution < -0.4 is 0 Å². The largest absolute Gasteiger partial charge is 0.383 e. The highest BCUT2D eigenvalue weighted by Gasteiger charge is 2.33. The fourth-order valence-corrected chi connectivity index (χ4v) is 5.18. The smallest absolute Gasteiger partial charge is 0.266 e. The van der Waals surface area contributed by atoms with Gasteiger partial charge in [-0.1, -0.05) is 51.1 Å². The molecule has 4 rings (SSSR count). The van der Waals surface area contributed by atoms with Gasteiger partial charge in [-0.25, -0.2) is 4.99 Å². The maximum atomic E-state index is 13.3. The average molecular weight is 488 g/mol. The van der Waals surface area contributed by atoms with Gasteiger partial charge in [0.25, 0.3) is 5.91 Å². The van der Waals surface area contributed by atoms with E-state index in [4.69, 9.17) is 9.73 Å². The van der Waals surface area contributed by atoms with Crippen LogP contribution in [0.5, 0.6) is 0 Å². The minimum Gasteiger partial charge on any atom is -0.383 e. The van der Waals surface area contributed by atoms with E-state index in [-0.39, 0.29) is 11.3 Å². The average Bonchev–Trinajstić information content (AvgIpc) is 3.27. The number of aliphatic imine (C=N–C) groups is 1. The Morgan fingerprint density at radius 2 is 1.71 bits per heavy atom. The van der Waals surface area contributed by atoms with Gasteiger partial charge in [-0.3, -0.25) is 9.69 Å². The zero-order valence-corrected chi connectivity index (χ0v) is 22.1. The number of ether oxygens (including phenoxy) is 1. The first-order chi connectivity index (χ1) is 16.7. The molecule has 0 spiro atoms. The molecule has 1 amide bonds. The Labute approximate surface area is 212 Å². The van der Waals surface area contributed by atoms with Crippen LogP contribution in [-0.4, -0.2) is 40.8 Å². The zero-order valence-electron chi connectivity index (χ0n) is 21.3. The summed E-state index contributed by atoms with van der Waals surface area (Å²) in [6.45, 7) is 11.8. The molecule has 3 aromatic rings. The number of hydrogen-bond acceptors (Lipinski definition) is 4. The molecule has 1 aliphatic heterocycles. The van der Waals surface area contributed by atoms with Gasteiger partial charge >= 0.3 is 0 Å². The van der Waals surface area contributed by atoms with Crippen LogP contribution >= 0.6 is 11.8 Å². The van der Waals surface area contributed by atoms with Gasteiger partial charge in [0.2, 0.25) is 0 Å². The zero-order chi connectivity index (χ0) is 25.2. The van der Waals surface area contributed by atoms with E-state index in [0.29, 0.717) is 23.2 Å². The minimum absolute atomic E-state index is 0.0407. The number of aryl methyl sites for hydroxylation is 1. The Balaban J connectivity index is 1.67. The maximum Gasteiger partial charge on any atom is 0.266 e. The summed E-state index contributed by atoms with van der Waals surface area (Å²) in [5.41, 5.74) is 6.63. The van der Waals surface area contributed by atoms with Crippen molar-refractivity contribution in [2.75, 3.05) is 20.3 Å². The number of benzene rings is 2. The van der Waals surface area contributed by atoms with Crippen LogP contribution in [-0.2, 0) is 14.9 Å². The third-order valence-electron chi connectivity index (χ3n) is 6.14. The highest BCUT2D eigenvalue weighted by molar-refractivity contribution is 8.18. The van der Waals surface area contributed by atoms with Crippen LogP contribution in [0.2, 0.25) is 0 Å². The number of aromatic nitrogens is 1. The van der Waals surface area contributed by atoms with Gasteiger partial charge in [-0.2, -0.15) is 0 Å². The Bertz CT molecular complexity index is 1270. The molecule has 2 heterocycles. The van der Waals surface area contributed by atoms with Crippen molar-refractivity contribution in [2.24, 2.45) is 4.99 Å². The number of rotatable bonds is 6. The van der Waals surface area contributed by atoms with Crippen LogP contribution in [0.4, 0.5) is 5.69 Å². The summed E-state index contributed by atoms with van der Waals surface area (Å²) < 4.78 is 7.48. The van der Waals surface area contributed by atoms with E-state index in [1.165, 1.54) is 17.3 Å². The molecular formula is C29H33N3O2S. The highest BCUT2D eigenvalue weighted by atomic mass is 32.2. The van der Waals surface area contributed by atoms with Gasteiger partial charge in [0.05, 0.1) is 23.7 Å². The normalized spacial score (nSPS) is 16.6. The predicted molar refractivity (Wildman–Crippen MR) is 147 cm³/mol. The number of nitrogens with zero attached hydrogens (tertiary/aromatic N) is 3. The summed E-state index contributed by atoms with van der Waals surface area (Å²) in [7, 11) is 1.64. The molecule has 1 aliphatic rings. The SMILES string of the molecule is COCCN1C(=O)/C(=C/c2cc(C)n(-c3ccc(C(C)(C)C)cc3)c2C)SC1=Nc1ccccc1. The molecule has 0 atom stereocenters. The van der Waals surface area contributed by atoms with Crippen LogP contribution in [0, 0.1) is 13.8 Å².